The van der Waals surface area contributed by atoms with Gasteiger partial charge in [-0.2, -0.15) is 0 Å². The van der Waals surface area contributed by atoms with Gasteiger partial charge in [-0.1, -0.05) is 20.3 Å². The van der Waals surface area contributed by atoms with Gasteiger partial charge >= 0.3 is 0 Å². The average molecular weight is 183 g/mol. The van der Waals surface area contributed by atoms with Crippen LogP contribution in [-0.2, 0) is 4.79 Å². The average Bonchev–Trinajstić information content (AvgIpc) is 2.18. The summed E-state index contributed by atoms with van der Waals surface area (Å²) >= 11 is 0. The molecule has 0 bridgehead atoms. The van der Waals surface area contributed by atoms with Gasteiger partial charge in [-0.15, -0.1) is 0 Å². The van der Waals surface area contributed by atoms with Crippen LogP contribution < -0.4 is 0 Å². The van der Waals surface area contributed by atoms with Crippen molar-refractivity contribution in [3.05, 3.63) is 0 Å². The van der Waals surface area contributed by atoms with E-state index in [0.717, 1.165) is 6.54 Å². The van der Waals surface area contributed by atoms with Crippen molar-refractivity contribution in [1.29, 1.82) is 0 Å². The SMILES string of the molecule is CCCC1CCCCN1C(=O)CC. The number of hydrogen-bond acceptors (Lipinski definition) is 1. The first-order valence-electron chi connectivity index (χ1n) is 5.59. The first-order valence-corrected chi connectivity index (χ1v) is 5.59. The Morgan fingerprint density at radius 2 is 2.15 bits per heavy atom. The number of piperidine rings is 1. The summed E-state index contributed by atoms with van der Waals surface area (Å²) in [5.41, 5.74) is 0. The van der Waals surface area contributed by atoms with Gasteiger partial charge in [0.2, 0.25) is 5.91 Å². The molecule has 0 aromatic carbocycles. The summed E-state index contributed by atoms with van der Waals surface area (Å²) in [7, 11) is 0. The molecule has 76 valence electrons. The van der Waals surface area contributed by atoms with Crippen molar-refractivity contribution in [2.45, 2.75) is 58.4 Å². The maximum absolute atomic E-state index is 11.6. The molecule has 1 rings (SSSR count). The zero-order chi connectivity index (χ0) is 9.68. The smallest absolute Gasteiger partial charge is 0.222 e. The second-order valence-electron chi connectivity index (χ2n) is 3.88. The third-order valence-corrected chi connectivity index (χ3v) is 2.87. The standard InChI is InChI=1S/C11H21NO/c1-3-7-10-8-5-6-9-12(10)11(13)4-2/h10H,3-9H2,1-2H3. The van der Waals surface area contributed by atoms with Crippen LogP contribution in [-0.4, -0.2) is 23.4 Å². The molecule has 0 aromatic rings. The third-order valence-electron chi connectivity index (χ3n) is 2.87. The molecule has 2 nitrogen and oxygen atoms in total. The molecule has 1 unspecified atom stereocenters. The molecule has 0 aromatic heterocycles. The summed E-state index contributed by atoms with van der Waals surface area (Å²) < 4.78 is 0. The lowest BCUT2D eigenvalue weighted by molar-refractivity contribution is -0.134. The predicted octanol–water partition coefficient (Wildman–Crippen LogP) is 2.58. The fourth-order valence-electron chi connectivity index (χ4n) is 2.17. The molecule has 0 saturated carbocycles. The van der Waals surface area contributed by atoms with Crippen LogP contribution in [0.5, 0.6) is 0 Å². The van der Waals surface area contributed by atoms with E-state index in [2.05, 4.69) is 11.8 Å². The highest BCUT2D eigenvalue weighted by molar-refractivity contribution is 5.76. The van der Waals surface area contributed by atoms with E-state index in [1.54, 1.807) is 0 Å². The van der Waals surface area contributed by atoms with Gasteiger partial charge in [0, 0.05) is 19.0 Å². The Hall–Kier alpha value is -0.530. The summed E-state index contributed by atoms with van der Waals surface area (Å²) in [5.74, 6) is 0.346. The van der Waals surface area contributed by atoms with Gasteiger partial charge in [0.25, 0.3) is 0 Å². The lowest BCUT2D eigenvalue weighted by Crippen LogP contribution is -2.43. The second-order valence-corrected chi connectivity index (χ2v) is 3.88. The second kappa shape index (κ2) is 5.25. The number of amides is 1. The highest BCUT2D eigenvalue weighted by Crippen LogP contribution is 2.21. The first-order chi connectivity index (χ1) is 6.29. The molecule has 1 aliphatic heterocycles. The Labute approximate surface area is 81.3 Å². The molecule has 13 heavy (non-hydrogen) atoms. The summed E-state index contributed by atoms with van der Waals surface area (Å²) in [6.45, 7) is 5.15. The van der Waals surface area contributed by atoms with Crippen molar-refractivity contribution in [3.63, 3.8) is 0 Å². The fourth-order valence-corrected chi connectivity index (χ4v) is 2.17. The molecule has 0 aliphatic carbocycles. The van der Waals surface area contributed by atoms with Gasteiger partial charge in [-0.25, -0.2) is 0 Å². The van der Waals surface area contributed by atoms with Crippen LogP contribution in [0.25, 0.3) is 0 Å². The van der Waals surface area contributed by atoms with Gasteiger partial charge in [-0.05, 0) is 25.7 Å². The van der Waals surface area contributed by atoms with Crippen LogP contribution in [0.3, 0.4) is 0 Å². The Morgan fingerprint density at radius 3 is 2.77 bits per heavy atom. The molecule has 1 saturated heterocycles. The Morgan fingerprint density at radius 1 is 1.38 bits per heavy atom. The monoisotopic (exact) mass is 183 g/mol. The van der Waals surface area contributed by atoms with Crippen molar-refractivity contribution in [2.24, 2.45) is 0 Å². The van der Waals surface area contributed by atoms with Gasteiger partial charge in [-0.3, -0.25) is 4.79 Å². The van der Waals surface area contributed by atoms with Gasteiger partial charge in [0.15, 0.2) is 0 Å². The quantitative estimate of drug-likeness (QED) is 0.658. The van der Waals surface area contributed by atoms with Gasteiger partial charge in [0.05, 0.1) is 0 Å². The molecule has 0 spiro atoms. The van der Waals surface area contributed by atoms with E-state index in [1.165, 1.54) is 32.1 Å². The number of carbonyl (C=O) groups excluding carboxylic acids is 1. The lowest BCUT2D eigenvalue weighted by atomic mass is 9.98. The molecule has 0 N–H and O–H groups in total. The van der Waals surface area contributed by atoms with Crippen LogP contribution in [0, 0.1) is 0 Å². The highest BCUT2D eigenvalue weighted by Gasteiger charge is 2.24. The zero-order valence-corrected chi connectivity index (χ0v) is 8.88. The van der Waals surface area contributed by atoms with Gasteiger partial charge < -0.3 is 4.90 Å². The van der Waals surface area contributed by atoms with Crippen molar-refractivity contribution in [2.75, 3.05) is 6.54 Å². The minimum absolute atomic E-state index is 0.346. The van der Waals surface area contributed by atoms with Crippen LogP contribution in [0.2, 0.25) is 0 Å². The van der Waals surface area contributed by atoms with E-state index >= 15 is 0 Å². The Kier molecular flexibility index (Phi) is 4.26. The topological polar surface area (TPSA) is 20.3 Å². The molecular weight excluding hydrogens is 162 g/mol. The van der Waals surface area contributed by atoms with E-state index < -0.39 is 0 Å². The van der Waals surface area contributed by atoms with Crippen molar-refractivity contribution in [1.82, 2.24) is 4.90 Å². The minimum Gasteiger partial charge on any atom is -0.340 e. The van der Waals surface area contributed by atoms with E-state index in [4.69, 9.17) is 0 Å². The molecule has 1 amide bonds. The number of likely N-dealkylation sites (tertiary alicyclic amines) is 1. The van der Waals surface area contributed by atoms with Crippen LogP contribution in [0.1, 0.15) is 52.4 Å². The molecule has 0 radical (unpaired) electrons. The summed E-state index contributed by atoms with van der Waals surface area (Å²) in [4.78, 5) is 13.7. The summed E-state index contributed by atoms with van der Waals surface area (Å²) in [6.07, 6.45) is 6.77. The van der Waals surface area contributed by atoms with Crippen molar-refractivity contribution in [3.8, 4) is 0 Å². The number of rotatable bonds is 3. The molecule has 1 atom stereocenters. The minimum atomic E-state index is 0.346. The normalized spacial score (nSPS) is 23.2. The first kappa shape index (κ1) is 10.6. The van der Waals surface area contributed by atoms with Crippen LogP contribution in [0.4, 0.5) is 0 Å². The third kappa shape index (κ3) is 2.71. The maximum atomic E-state index is 11.6. The van der Waals surface area contributed by atoms with Crippen LogP contribution in [0.15, 0.2) is 0 Å². The molecule has 1 aliphatic rings. The van der Waals surface area contributed by atoms with E-state index in [0.29, 0.717) is 18.4 Å². The number of carbonyl (C=O) groups is 1. The van der Waals surface area contributed by atoms with E-state index in [-0.39, 0.29) is 0 Å². The van der Waals surface area contributed by atoms with Crippen LogP contribution >= 0.6 is 0 Å². The maximum Gasteiger partial charge on any atom is 0.222 e. The highest BCUT2D eigenvalue weighted by atomic mass is 16.2. The molecule has 1 fully saturated rings. The van der Waals surface area contributed by atoms with E-state index in [9.17, 15) is 4.79 Å². The molecule has 1 heterocycles. The molecule has 2 heteroatoms. The Balaban J connectivity index is 2.50. The Bertz CT molecular complexity index is 165. The predicted molar refractivity (Wildman–Crippen MR) is 54.6 cm³/mol. The largest absolute Gasteiger partial charge is 0.340 e. The fraction of sp³-hybridized carbons (Fsp3) is 0.909. The van der Waals surface area contributed by atoms with E-state index in [1.807, 2.05) is 6.92 Å². The lowest BCUT2D eigenvalue weighted by Gasteiger charge is -2.35. The van der Waals surface area contributed by atoms with Crippen molar-refractivity contribution < 1.29 is 4.79 Å². The zero-order valence-electron chi connectivity index (χ0n) is 8.88. The number of hydrogen-bond donors (Lipinski definition) is 0. The van der Waals surface area contributed by atoms with Crippen molar-refractivity contribution >= 4 is 5.91 Å². The molecular formula is C11H21NO. The van der Waals surface area contributed by atoms with Gasteiger partial charge in [0.1, 0.15) is 0 Å². The number of nitrogens with zero attached hydrogens (tertiary/aromatic N) is 1. The summed E-state index contributed by atoms with van der Waals surface area (Å²) in [6, 6.07) is 0.547. The summed E-state index contributed by atoms with van der Waals surface area (Å²) in [5, 5.41) is 0.